The van der Waals surface area contributed by atoms with Crippen LogP contribution in [0.25, 0.3) is 0 Å². The minimum Gasteiger partial charge on any atom is -0.301 e. The summed E-state index contributed by atoms with van der Waals surface area (Å²) in [6.07, 6.45) is 1.16. The van der Waals surface area contributed by atoms with E-state index in [-0.39, 0.29) is 0 Å². The zero-order chi connectivity index (χ0) is 7.68. The Morgan fingerprint density at radius 2 is 2.55 bits per heavy atom. The van der Waals surface area contributed by atoms with Crippen molar-refractivity contribution in [2.45, 2.75) is 25.4 Å². The number of likely N-dealkylation sites (tertiary alicyclic amines) is 1. The quantitative estimate of drug-likeness (QED) is 0.594. The number of nitrogens with zero attached hydrogens (tertiary/aromatic N) is 3. The van der Waals surface area contributed by atoms with Gasteiger partial charge in [-0.3, -0.25) is 5.43 Å². The van der Waals surface area contributed by atoms with Crippen molar-refractivity contribution in [1.82, 2.24) is 10.3 Å². The first-order valence-electron chi connectivity index (χ1n) is 4.28. The first-order valence-corrected chi connectivity index (χ1v) is 4.28. The summed E-state index contributed by atoms with van der Waals surface area (Å²) in [6, 6.07) is 0.946. The molecule has 1 fully saturated rings. The normalized spacial score (nSPS) is 36.8. The molecule has 2 rings (SSSR count). The summed E-state index contributed by atoms with van der Waals surface area (Å²) in [6.45, 7) is 5.63. The molecule has 2 aliphatic rings. The minimum absolute atomic E-state index is 0.456. The van der Waals surface area contributed by atoms with E-state index < -0.39 is 0 Å². The van der Waals surface area contributed by atoms with E-state index in [4.69, 9.17) is 0 Å². The van der Waals surface area contributed by atoms with E-state index in [0.717, 1.165) is 19.5 Å². The lowest BCUT2D eigenvalue weighted by molar-refractivity contribution is 0.198. The standard InChI is InChI=1S/C7H14N4/c1-2-11-4-3-6-7(5-11)9-10-8-6/h6-7H,2-5H2,1H3,(H,8,9). The fourth-order valence-electron chi connectivity index (χ4n) is 1.74. The van der Waals surface area contributed by atoms with E-state index in [0.29, 0.717) is 12.1 Å². The van der Waals surface area contributed by atoms with Gasteiger partial charge in [0.15, 0.2) is 0 Å². The molecule has 2 aliphatic heterocycles. The Hall–Kier alpha value is -0.640. The van der Waals surface area contributed by atoms with E-state index in [1.54, 1.807) is 0 Å². The molecule has 11 heavy (non-hydrogen) atoms. The highest BCUT2D eigenvalue weighted by Crippen LogP contribution is 2.17. The number of nitrogens with one attached hydrogen (secondary N) is 1. The molecule has 0 radical (unpaired) electrons. The highest BCUT2D eigenvalue weighted by atomic mass is 15.5. The lowest BCUT2D eigenvalue weighted by Crippen LogP contribution is -2.48. The summed E-state index contributed by atoms with van der Waals surface area (Å²) in [7, 11) is 0. The Labute approximate surface area is 66.6 Å². The first-order chi connectivity index (χ1) is 5.40. The predicted octanol–water partition coefficient (Wildman–Crippen LogP) is 0.420. The molecule has 2 unspecified atom stereocenters. The Morgan fingerprint density at radius 3 is 3.36 bits per heavy atom. The van der Waals surface area contributed by atoms with Crippen LogP contribution in [0.5, 0.6) is 0 Å². The van der Waals surface area contributed by atoms with E-state index in [9.17, 15) is 0 Å². The summed E-state index contributed by atoms with van der Waals surface area (Å²) in [4.78, 5) is 2.44. The second kappa shape index (κ2) is 2.77. The highest BCUT2D eigenvalue weighted by molar-refractivity contribution is 4.90. The lowest BCUT2D eigenvalue weighted by atomic mass is 10.0. The Bertz CT molecular complexity index is 168. The molecule has 0 aliphatic carbocycles. The van der Waals surface area contributed by atoms with Crippen LogP contribution in [-0.4, -0.2) is 36.6 Å². The van der Waals surface area contributed by atoms with Crippen LogP contribution in [-0.2, 0) is 0 Å². The molecule has 0 aromatic carbocycles. The summed E-state index contributed by atoms with van der Waals surface area (Å²) < 4.78 is 0. The molecule has 2 atom stereocenters. The molecule has 62 valence electrons. The second-order valence-corrected chi connectivity index (χ2v) is 3.20. The van der Waals surface area contributed by atoms with Crippen LogP contribution in [0.1, 0.15) is 13.3 Å². The topological polar surface area (TPSA) is 40.0 Å². The van der Waals surface area contributed by atoms with E-state index in [1.165, 1.54) is 6.54 Å². The number of hydrogen-bond donors (Lipinski definition) is 1. The van der Waals surface area contributed by atoms with Gasteiger partial charge in [-0.15, -0.1) is 0 Å². The maximum atomic E-state index is 4.11. The van der Waals surface area contributed by atoms with Gasteiger partial charge in [-0.25, -0.2) is 0 Å². The monoisotopic (exact) mass is 154 g/mol. The number of piperidine rings is 1. The zero-order valence-corrected chi connectivity index (χ0v) is 6.82. The van der Waals surface area contributed by atoms with Crippen molar-refractivity contribution >= 4 is 0 Å². The van der Waals surface area contributed by atoms with E-state index in [2.05, 4.69) is 27.6 Å². The largest absolute Gasteiger partial charge is 0.301 e. The van der Waals surface area contributed by atoms with Gasteiger partial charge in [0.1, 0.15) is 0 Å². The summed E-state index contributed by atoms with van der Waals surface area (Å²) >= 11 is 0. The van der Waals surface area contributed by atoms with Crippen molar-refractivity contribution in [2.75, 3.05) is 19.6 Å². The van der Waals surface area contributed by atoms with Crippen LogP contribution >= 0.6 is 0 Å². The second-order valence-electron chi connectivity index (χ2n) is 3.20. The SMILES string of the molecule is CCN1CCC2N=NNC2C1. The first kappa shape index (κ1) is 7.03. The van der Waals surface area contributed by atoms with Gasteiger partial charge in [0.05, 0.1) is 12.1 Å². The lowest BCUT2D eigenvalue weighted by Gasteiger charge is -2.31. The minimum atomic E-state index is 0.456. The highest BCUT2D eigenvalue weighted by Gasteiger charge is 2.31. The van der Waals surface area contributed by atoms with Gasteiger partial charge in [-0.1, -0.05) is 12.1 Å². The zero-order valence-electron chi connectivity index (χ0n) is 6.82. The molecule has 2 heterocycles. The molecular formula is C7H14N4. The molecule has 4 heteroatoms. The van der Waals surface area contributed by atoms with Crippen molar-refractivity contribution in [1.29, 1.82) is 0 Å². The Balaban J connectivity index is 1.94. The Kier molecular flexibility index (Phi) is 1.77. The average Bonchev–Trinajstić information content (AvgIpc) is 2.50. The van der Waals surface area contributed by atoms with E-state index in [1.807, 2.05) is 0 Å². The molecule has 0 aromatic heterocycles. The fourth-order valence-corrected chi connectivity index (χ4v) is 1.74. The molecule has 0 aromatic rings. The van der Waals surface area contributed by atoms with Gasteiger partial charge < -0.3 is 4.90 Å². The summed E-state index contributed by atoms with van der Waals surface area (Å²) in [5, 5.41) is 7.96. The third kappa shape index (κ3) is 1.22. The average molecular weight is 154 g/mol. The van der Waals surface area contributed by atoms with Crippen LogP contribution in [0.2, 0.25) is 0 Å². The van der Waals surface area contributed by atoms with Gasteiger partial charge in [0.2, 0.25) is 0 Å². The van der Waals surface area contributed by atoms with Crippen molar-refractivity contribution in [3.63, 3.8) is 0 Å². The molecule has 0 amide bonds. The van der Waals surface area contributed by atoms with Gasteiger partial charge in [-0.05, 0) is 13.0 Å². The Morgan fingerprint density at radius 1 is 1.64 bits per heavy atom. The van der Waals surface area contributed by atoms with Crippen LogP contribution in [0.3, 0.4) is 0 Å². The van der Waals surface area contributed by atoms with Crippen molar-refractivity contribution < 1.29 is 0 Å². The van der Waals surface area contributed by atoms with Crippen molar-refractivity contribution in [3.05, 3.63) is 0 Å². The number of fused-ring (bicyclic) bond motifs is 1. The van der Waals surface area contributed by atoms with Gasteiger partial charge in [0, 0.05) is 13.1 Å². The van der Waals surface area contributed by atoms with Crippen LogP contribution in [0, 0.1) is 0 Å². The molecule has 0 saturated carbocycles. The van der Waals surface area contributed by atoms with Crippen LogP contribution < -0.4 is 5.43 Å². The smallest absolute Gasteiger partial charge is 0.0971 e. The summed E-state index contributed by atoms with van der Waals surface area (Å²) in [5.74, 6) is 0. The summed E-state index contributed by atoms with van der Waals surface area (Å²) in [5.41, 5.74) is 3.04. The van der Waals surface area contributed by atoms with Crippen LogP contribution in [0.15, 0.2) is 10.3 Å². The predicted molar refractivity (Wildman–Crippen MR) is 42.3 cm³/mol. The third-order valence-electron chi connectivity index (χ3n) is 2.54. The maximum absolute atomic E-state index is 4.11. The fraction of sp³-hybridized carbons (Fsp3) is 1.00. The van der Waals surface area contributed by atoms with Gasteiger partial charge in [-0.2, -0.15) is 5.11 Å². The van der Waals surface area contributed by atoms with Crippen molar-refractivity contribution in [2.24, 2.45) is 10.3 Å². The maximum Gasteiger partial charge on any atom is 0.0971 e. The van der Waals surface area contributed by atoms with Gasteiger partial charge in [0.25, 0.3) is 0 Å². The van der Waals surface area contributed by atoms with Gasteiger partial charge >= 0.3 is 0 Å². The number of likely N-dealkylation sites (N-methyl/N-ethyl adjacent to an activating group) is 1. The number of hydrogen-bond acceptors (Lipinski definition) is 4. The molecule has 4 nitrogen and oxygen atoms in total. The molecular weight excluding hydrogens is 140 g/mol. The number of rotatable bonds is 1. The van der Waals surface area contributed by atoms with E-state index >= 15 is 0 Å². The van der Waals surface area contributed by atoms with Crippen LogP contribution in [0.4, 0.5) is 0 Å². The third-order valence-corrected chi connectivity index (χ3v) is 2.54. The molecule has 1 saturated heterocycles. The molecule has 1 N–H and O–H groups in total. The molecule has 0 bridgehead atoms. The van der Waals surface area contributed by atoms with Crippen molar-refractivity contribution in [3.8, 4) is 0 Å². The molecule has 0 spiro atoms.